The second-order valence-electron chi connectivity index (χ2n) is 8.12. The predicted molar refractivity (Wildman–Crippen MR) is 106 cm³/mol. The highest BCUT2D eigenvalue weighted by Gasteiger charge is 2.26. The first-order chi connectivity index (χ1) is 13.8. The molecule has 3 aromatic rings. The molecular weight excluding hydrogens is 352 g/mol. The number of nitrogens with one attached hydrogen (secondary N) is 1. The summed E-state index contributed by atoms with van der Waals surface area (Å²) in [7, 11) is 0. The third-order valence-corrected chi connectivity index (χ3v) is 5.93. The molecule has 0 atom stereocenters. The van der Waals surface area contributed by atoms with E-state index in [-0.39, 0.29) is 11.9 Å². The Morgan fingerprint density at radius 3 is 2.71 bits per heavy atom. The summed E-state index contributed by atoms with van der Waals surface area (Å²) in [5, 5.41) is 7.70. The molecule has 2 aliphatic rings. The molecule has 1 amide bonds. The second kappa shape index (κ2) is 7.37. The van der Waals surface area contributed by atoms with Crippen molar-refractivity contribution in [3.05, 3.63) is 36.5 Å². The molecule has 0 unspecified atom stereocenters. The highest BCUT2D eigenvalue weighted by Crippen LogP contribution is 2.32. The fraction of sp³-hybridized carbons (Fsp3) is 0.524. The standard InChI is InChI=1S/C21H26N6O/c28-21(24-16-5-3-1-2-4-6-16)19-18-13-22-11-12-26(18)20(25-19)17-9-10-23-27(17)14-15-7-8-15/h9-13,15-16H,1-8,14H2,(H,24,28). The molecule has 0 bridgehead atoms. The third-order valence-electron chi connectivity index (χ3n) is 5.93. The Hall–Kier alpha value is -2.70. The van der Waals surface area contributed by atoms with E-state index in [1.165, 1.54) is 38.5 Å². The smallest absolute Gasteiger partial charge is 0.272 e. The summed E-state index contributed by atoms with van der Waals surface area (Å²) >= 11 is 0. The fourth-order valence-electron chi connectivity index (χ4n) is 4.18. The molecule has 3 heterocycles. The first-order valence-corrected chi connectivity index (χ1v) is 10.4. The minimum absolute atomic E-state index is 0.100. The topological polar surface area (TPSA) is 77.1 Å². The van der Waals surface area contributed by atoms with Crippen molar-refractivity contribution >= 4 is 11.4 Å². The van der Waals surface area contributed by atoms with E-state index < -0.39 is 0 Å². The van der Waals surface area contributed by atoms with Crippen LogP contribution in [0.4, 0.5) is 0 Å². The Morgan fingerprint density at radius 1 is 1.11 bits per heavy atom. The SMILES string of the molecule is O=C(NC1CCCCCC1)c1nc(-c2ccnn2CC2CC2)n2ccncc12. The van der Waals surface area contributed by atoms with Crippen LogP contribution in [0.25, 0.3) is 17.0 Å². The maximum Gasteiger partial charge on any atom is 0.272 e. The summed E-state index contributed by atoms with van der Waals surface area (Å²) in [6.07, 6.45) is 16.7. The van der Waals surface area contributed by atoms with Crippen molar-refractivity contribution in [2.45, 2.75) is 64.0 Å². The van der Waals surface area contributed by atoms with E-state index in [1.54, 1.807) is 12.4 Å². The third kappa shape index (κ3) is 3.41. The van der Waals surface area contributed by atoms with Crippen LogP contribution in [0.1, 0.15) is 61.9 Å². The zero-order valence-corrected chi connectivity index (χ0v) is 16.0. The molecule has 0 aliphatic heterocycles. The quantitative estimate of drug-likeness (QED) is 0.690. The van der Waals surface area contributed by atoms with Crippen LogP contribution in [0.5, 0.6) is 0 Å². The van der Waals surface area contributed by atoms with E-state index in [4.69, 9.17) is 4.98 Å². The average Bonchev–Trinajstić information content (AvgIpc) is 3.36. The molecule has 2 fully saturated rings. The van der Waals surface area contributed by atoms with Gasteiger partial charge in [0, 0.05) is 31.2 Å². The minimum Gasteiger partial charge on any atom is -0.348 e. The van der Waals surface area contributed by atoms with Gasteiger partial charge in [0.1, 0.15) is 5.69 Å². The normalized spacial score (nSPS) is 18.3. The second-order valence-corrected chi connectivity index (χ2v) is 8.12. The minimum atomic E-state index is -0.100. The fourth-order valence-corrected chi connectivity index (χ4v) is 4.18. The van der Waals surface area contributed by atoms with Gasteiger partial charge in [0.15, 0.2) is 11.5 Å². The van der Waals surface area contributed by atoms with Gasteiger partial charge in [-0.15, -0.1) is 0 Å². The lowest BCUT2D eigenvalue weighted by molar-refractivity contribution is 0.0930. The first kappa shape index (κ1) is 17.4. The van der Waals surface area contributed by atoms with Crippen LogP contribution in [0.3, 0.4) is 0 Å². The van der Waals surface area contributed by atoms with E-state index in [0.717, 1.165) is 36.4 Å². The maximum atomic E-state index is 13.1. The van der Waals surface area contributed by atoms with Gasteiger partial charge in [-0.05, 0) is 37.7 Å². The van der Waals surface area contributed by atoms with Gasteiger partial charge in [0.05, 0.1) is 11.7 Å². The van der Waals surface area contributed by atoms with E-state index in [2.05, 4.69) is 15.4 Å². The highest BCUT2D eigenvalue weighted by molar-refractivity contribution is 6.00. The monoisotopic (exact) mass is 378 g/mol. The van der Waals surface area contributed by atoms with Crippen molar-refractivity contribution in [2.24, 2.45) is 5.92 Å². The van der Waals surface area contributed by atoms with Gasteiger partial charge in [-0.1, -0.05) is 25.7 Å². The Morgan fingerprint density at radius 2 is 1.93 bits per heavy atom. The molecule has 5 rings (SSSR count). The molecule has 0 saturated heterocycles. The summed E-state index contributed by atoms with van der Waals surface area (Å²) in [4.78, 5) is 22.0. The number of carbonyl (C=O) groups is 1. The average molecular weight is 378 g/mol. The molecule has 1 N–H and O–H groups in total. The molecule has 7 nitrogen and oxygen atoms in total. The van der Waals surface area contributed by atoms with Crippen LogP contribution in [-0.4, -0.2) is 36.1 Å². The van der Waals surface area contributed by atoms with Gasteiger partial charge in [0.2, 0.25) is 0 Å². The predicted octanol–water partition coefficient (Wildman–Crippen LogP) is 3.46. The molecular formula is C21H26N6O. The summed E-state index contributed by atoms with van der Waals surface area (Å²) in [6, 6.07) is 2.22. The highest BCUT2D eigenvalue weighted by atomic mass is 16.2. The first-order valence-electron chi connectivity index (χ1n) is 10.4. The number of rotatable bonds is 5. The number of nitrogens with zero attached hydrogens (tertiary/aromatic N) is 5. The molecule has 28 heavy (non-hydrogen) atoms. The lowest BCUT2D eigenvalue weighted by Gasteiger charge is -2.15. The van der Waals surface area contributed by atoms with E-state index in [1.807, 2.05) is 27.5 Å². The Balaban J connectivity index is 1.48. The Bertz CT molecular complexity index is 978. The van der Waals surface area contributed by atoms with Gasteiger partial charge in [-0.2, -0.15) is 5.10 Å². The molecule has 3 aromatic heterocycles. The van der Waals surface area contributed by atoms with Crippen molar-refractivity contribution in [3.63, 3.8) is 0 Å². The summed E-state index contributed by atoms with van der Waals surface area (Å²) < 4.78 is 3.97. The van der Waals surface area contributed by atoms with Gasteiger partial charge >= 0.3 is 0 Å². The summed E-state index contributed by atoms with van der Waals surface area (Å²) in [5.41, 5.74) is 2.14. The molecule has 2 aliphatic carbocycles. The molecule has 0 spiro atoms. The number of amides is 1. The van der Waals surface area contributed by atoms with Gasteiger partial charge in [-0.3, -0.25) is 18.9 Å². The number of aromatic nitrogens is 5. The zero-order chi connectivity index (χ0) is 18.9. The summed E-state index contributed by atoms with van der Waals surface area (Å²) in [5.74, 6) is 1.36. The van der Waals surface area contributed by atoms with Gasteiger partial charge in [-0.25, -0.2) is 4.98 Å². The van der Waals surface area contributed by atoms with E-state index >= 15 is 0 Å². The van der Waals surface area contributed by atoms with Crippen LogP contribution in [0, 0.1) is 5.92 Å². The summed E-state index contributed by atoms with van der Waals surface area (Å²) in [6.45, 7) is 0.909. The maximum absolute atomic E-state index is 13.1. The van der Waals surface area contributed by atoms with Crippen molar-refractivity contribution in [1.82, 2.24) is 29.5 Å². The molecule has 0 radical (unpaired) electrons. The zero-order valence-electron chi connectivity index (χ0n) is 16.0. The number of hydrogen-bond donors (Lipinski definition) is 1. The van der Waals surface area contributed by atoms with Crippen LogP contribution in [0.15, 0.2) is 30.9 Å². The van der Waals surface area contributed by atoms with E-state index in [0.29, 0.717) is 11.6 Å². The number of fused-ring (bicyclic) bond motifs is 1. The van der Waals surface area contributed by atoms with Crippen LogP contribution >= 0.6 is 0 Å². The van der Waals surface area contributed by atoms with E-state index in [9.17, 15) is 4.79 Å². The van der Waals surface area contributed by atoms with Gasteiger partial charge < -0.3 is 5.32 Å². The molecule has 0 aromatic carbocycles. The Labute approximate surface area is 164 Å². The van der Waals surface area contributed by atoms with Crippen LogP contribution in [0.2, 0.25) is 0 Å². The largest absolute Gasteiger partial charge is 0.348 e. The Kier molecular flexibility index (Phi) is 4.58. The van der Waals surface area contributed by atoms with Crippen molar-refractivity contribution in [2.75, 3.05) is 0 Å². The molecule has 2 saturated carbocycles. The van der Waals surface area contributed by atoms with Crippen molar-refractivity contribution in [1.29, 1.82) is 0 Å². The molecule has 7 heteroatoms. The van der Waals surface area contributed by atoms with Crippen molar-refractivity contribution in [3.8, 4) is 11.5 Å². The van der Waals surface area contributed by atoms with Gasteiger partial charge in [0.25, 0.3) is 5.91 Å². The lowest BCUT2D eigenvalue weighted by atomic mass is 10.1. The number of hydrogen-bond acceptors (Lipinski definition) is 4. The van der Waals surface area contributed by atoms with Crippen LogP contribution in [-0.2, 0) is 6.54 Å². The van der Waals surface area contributed by atoms with Crippen molar-refractivity contribution < 1.29 is 4.79 Å². The lowest BCUT2D eigenvalue weighted by Crippen LogP contribution is -2.34. The number of imidazole rings is 1. The number of carbonyl (C=O) groups excluding carboxylic acids is 1. The van der Waals surface area contributed by atoms with Crippen LogP contribution < -0.4 is 5.32 Å². The molecule has 146 valence electrons.